The quantitative estimate of drug-likeness (QED) is 0.410. The first-order chi connectivity index (χ1) is 13.7. The Morgan fingerprint density at radius 3 is 2.70 bits per heavy atom. The molecule has 0 spiro atoms. The lowest BCUT2D eigenvalue weighted by Gasteiger charge is -2.15. The number of methoxy groups -OCH3 is 1. The first-order valence-corrected chi connectivity index (χ1v) is 9.92. The van der Waals surface area contributed by atoms with Gasteiger partial charge in [-0.05, 0) is 29.8 Å². The van der Waals surface area contributed by atoms with Gasteiger partial charge in [-0.3, -0.25) is 9.20 Å². The second-order valence-corrected chi connectivity index (χ2v) is 7.56. The van der Waals surface area contributed by atoms with Crippen molar-refractivity contribution in [2.45, 2.75) is 6.54 Å². The van der Waals surface area contributed by atoms with Crippen molar-refractivity contribution in [2.75, 3.05) is 32.2 Å². The van der Waals surface area contributed by atoms with E-state index in [1.165, 1.54) is 16.9 Å². The van der Waals surface area contributed by atoms with E-state index >= 15 is 0 Å². The van der Waals surface area contributed by atoms with Crippen molar-refractivity contribution in [3.8, 4) is 0 Å². The Kier molecular flexibility index (Phi) is 8.64. The Morgan fingerprint density at radius 1 is 1.20 bits per heavy atom. The molecule has 2 aromatic carbocycles. The number of nitrogens with one attached hydrogen (secondary N) is 1. The van der Waals surface area contributed by atoms with Crippen LogP contribution in [0.1, 0.15) is 15.2 Å². The molecule has 1 N–H and O–H groups in total. The summed E-state index contributed by atoms with van der Waals surface area (Å²) in [6, 6.07) is 15.9. The third kappa shape index (κ3) is 4.94. The van der Waals surface area contributed by atoms with Crippen LogP contribution in [-0.4, -0.2) is 42.6 Å². The second kappa shape index (κ2) is 10.7. The van der Waals surface area contributed by atoms with E-state index in [9.17, 15) is 4.79 Å². The number of amides is 1. The summed E-state index contributed by atoms with van der Waals surface area (Å²) in [5.41, 5.74) is 3.99. The summed E-state index contributed by atoms with van der Waals surface area (Å²) in [6.45, 7) is 2.25. The van der Waals surface area contributed by atoms with E-state index in [0.717, 1.165) is 34.8 Å². The summed E-state index contributed by atoms with van der Waals surface area (Å²) in [7, 11) is 3.49. The number of hydrogen-bond acceptors (Lipinski definition) is 5. The van der Waals surface area contributed by atoms with Gasteiger partial charge in [-0.2, -0.15) is 0 Å². The molecule has 0 saturated carbocycles. The van der Waals surface area contributed by atoms with Gasteiger partial charge in [-0.15, -0.1) is 24.8 Å². The molecule has 0 unspecified atom stereocenters. The molecule has 0 atom stereocenters. The zero-order chi connectivity index (χ0) is 19.5. The van der Waals surface area contributed by atoms with E-state index in [2.05, 4.69) is 22.4 Å². The van der Waals surface area contributed by atoms with Crippen LogP contribution in [0.4, 0.5) is 5.69 Å². The third-order valence-electron chi connectivity index (χ3n) is 4.64. The number of benzene rings is 2. The smallest absolute Gasteiger partial charge is 0.269 e. The number of fused-ring (bicyclic) bond motifs is 3. The lowest BCUT2D eigenvalue weighted by atomic mass is 10.2. The second-order valence-electron chi connectivity index (χ2n) is 6.55. The van der Waals surface area contributed by atoms with Gasteiger partial charge in [0.25, 0.3) is 5.91 Å². The number of carbonyl (C=O) groups excluding carboxylic acids is 1. The fourth-order valence-electron chi connectivity index (χ4n) is 3.11. The summed E-state index contributed by atoms with van der Waals surface area (Å²) in [5, 5.41) is 3.35. The van der Waals surface area contributed by atoms with E-state index in [-0.39, 0.29) is 30.7 Å². The number of carbonyl (C=O) groups is 1. The standard InChI is InChI=1S/C21H22N4O2S.2ClH/c1-24(16-6-4-3-5-7-16)20(26)19-14-25-18-12-15(13-22-10-11-27-2)8-9-17(18)23-21(25)28-19;;/h3-9,12,14,22H,10-11,13H2,1-2H3;2*1H. The highest BCUT2D eigenvalue weighted by atomic mass is 35.5. The maximum absolute atomic E-state index is 12.9. The molecule has 0 bridgehead atoms. The minimum atomic E-state index is -0.0350. The van der Waals surface area contributed by atoms with E-state index in [1.54, 1.807) is 19.1 Å². The Bertz CT molecular complexity index is 1110. The number of para-hydroxylation sites is 1. The number of halogens is 2. The highest BCUT2D eigenvalue weighted by Gasteiger charge is 2.18. The normalized spacial score (nSPS) is 10.6. The fraction of sp³-hybridized carbons (Fsp3) is 0.238. The molecule has 0 fully saturated rings. The molecule has 4 aromatic rings. The van der Waals surface area contributed by atoms with Gasteiger partial charge in [-0.1, -0.05) is 35.6 Å². The fourth-order valence-corrected chi connectivity index (χ4v) is 4.08. The van der Waals surface area contributed by atoms with Crippen molar-refractivity contribution >= 4 is 63.7 Å². The summed E-state index contributed by atoms with van der Waals surface area (Å²) in [4.78, 5) is 20.7. The molecule has 160 valence electrons. The number of hydrogen-bond donors (Lipinski definition) is 1. The molecule has 0 radical (unpaired) electrons. The summed E-state index contributed by atoms with van der Waals surface area (Å²) in [5.74, 6) is -0.0350. The molecule has 30 heavy (non-hydrogen) atoms. The largest absolute Gasteiger partial charge is 0.383 e. The van der Waals surface area contributed by atoms with Crippen molar-refractivity contribution in [2.24, 2.45) is 0 Å². The number of thiazole rings is 1. The average Bonchev–Trinajstić information content (AvgIpc) is 3.29. The van der Waals surface area contributed by atoms with Gasteiger partial charge >= 0.3 is 0 Å². The Hall–Kier alpha value is -2.16. The molecule has 2 heterocycles. The predicted molar refractivity (Wildman–Crippen MR) is 128 cm³/mol. The number of imidazole rings is 1. The van der Waals surface area contributed by atoms with Gasteiger partial charge in [0.05, 0.1) is 17.6 Å². The molecule has 6 nitrogen and oxygen atoms in total. The van der Waals surface area contributed by atoms with Crippen LogP contribution in [0.25, 0.3) is 16.0 Å². The molecule has 0 aliphatic heterocycles. The van der Waals surface area contributed by atoms with Gasteiger partial charge < -0.3 is 15.0 Å². The lowest BCUT2D eigenvalue weighted by molar-refractivity contribution is 0.0996. The van der Waals surface area contributed by atoms with Gasteiger partial charge in [0.2, 0.25) is 0 Å². The van der Waals surface area contributed by atoms with Gasteiger partial charge in [0, 0.05) is 39.1 Å². The molecule has 0 aliphatic carbocycles. The molecule has 4 rings (SSSR count). The predicted octanol–water partition coefficient (Wildman–Crippen LogP) is 4.41. The van der Waals surface area contributed by atoms with E-state index < -0.39 is 0 Å². The first kappa shape index (κ1) is 24.1. The molecule has 0 aliphatic rings. The summed E-state index contributed by atoms with van der Waals surface area (Å²) >= 11 is 1.41. The van der Waals surface area contributed by atoms with Crippen LogP contribution in [0, 0.1) is 0 Å². The number of ether oxygens (including phenoxy) is 1. The average molecular weight is 467 g/mol. The Labute approximate surface area is 191 Å². The van der Waals surface area contributed by atoms with Crippen LogP contribution < -0.4 is 10.2 Å². The van der Waals surface area contributed by atoms with Crippen molar-refractivity contribution in [1.82, 2.24) is 14.7 Å². The van der Waals surface area contributed by atoms with Crippen LogP contribution in [-0.2, 0) is 11.3 Å². The van der Waals surface area contributed by atoms with E-state index in [4.69, 9.17) is 4.74 Å². The molecule has 0 saturated heterocycles. The van der Waals surface area contributed by atoms with Crippen LogP contribution in [0.15, 0.2) is 54.7 Å². The van der Waals surface area contributed by atoms with Crippen molar-refractivity contribution in [3.05, 3.63) is 65.2 Å². The van der Waals surface area contributed by atoms with Crippen LogP contribution >= 0.6 is 36.2 Å². The molecule has 1 amide bonds. The zero-order valence-electron chi connectivity index (χ0n) is 16.7. The number of anilines is 1. The SMILES string of the molecule is COCCNCc1ccc2nc3sc(C(=O)N(C)c4ccccc4)cn3c2c1.Cl.Cl. The maximum atomic E-state index is 12.9. The maximum Gasteiger partial charge on any atom is 0.269 e. The topological polar surface area (TPSA) is 58.9 Å². The molecular weight excluding hydrogens is 443 g/mol. The van der Waals surface area contributed by atoms with Crippen molar-refractivity contribution in [1.29, 1.82) is 0 Å². The molecule has 2 aromatic heterocycles. The highest BCUT2D eigenvalue weighted by Crippen LogP contribution is 2.26. The van der Waals surface area contributed by atoms with Crippen molar-refractivity contribution < 1.29 is 9.53 Å². The van der Waals surface area contributed by atoms with Crippen LogP contribution in [0.3, 0.4) is 0 Å². The van der Waals surface area contributed by atoms with Crippen molar-refractivity contribution in [3.63, 3.8) is 0 Å². The summed E-state index contributed by atoms with van der Waals surface area (Å²) in [6.07, 6.45) is 1.89. The number of aromatic nitrogens is 2. The van der Waals surface area contributed by atoms with Gasteiger partial charge in [-0.25, -0.2) is 4.98 Å². The van der Waals surface area contributed by atoms with E-state index in [0.29, 0.717) is 11.5 Å². The Morgan fingerprint density at radius 2 is 1.97 bits per heavy atom. The Balaban J connectivity index is 0.00000160. The summed E-state index contributed by atoms with van der Waals surface area (Å²) < 4.78 is 7.07. The highest BCUT2D eigenvalue weighted by molar-refractivity contribution is 7.19. The van der Waals surface area contributed by atoms with Gasteiger partial charge in [0.15, 0.2) is 4.96 Å². The van der Waals surface area contributed by atoms with Crippen LogP contribution in [0.5, 0.6) is 0 Å². The molecular formula is C21H24Cl2N4O2S. The minimum absolute atomic E-state index is 0. The molecule has 9 heteroatoms. The van der Waals surface area contributed by atoms with Gasteiger partial charge in [0.1, 0.15) is 4.88 Å². The minimum Gasteiger partial charge on any atom is -0.383 e. The number of nitrogens with zero attached hydrogens (tertiary/aromatic N) is 3. The van der Waals surface area contributed by atoms with Crippen LogP contribution in [0.2, 0.25) is 0 Å². The lowest BCUT2D eigenvalue weighted by Crippen LogP contribution is -2.25. The number of rotatable bonds is 7. The monoisotopic (exact) mass is 466 g/mol. The zero-order valence-corrected chi connectivity index (χ0v) is 19.1. The van der Waals surface area contributed by atoms with E-state index in [1.807, 2.05) is 47.0 Å². The third-order valence-corrected chi connectivity index (χ3v) is 5.61. The first-order valence-electron chi connectivity index (χ1n) is 9.10.